The summed E-state index contributed by atoms with van der Waals surface area (Å²) in [4.78, 5) is 47.7. The Balaban J connectivity index is 1.25. The number of hydrogen-bond acceptors (Lipinski definition) is 7. The van der Waals surface area contributed by atoms with Gasteiger partial charge in [-0.2, -0.15) is 0 Å². The van der Waals surface area contributed by atoms with Gasteiger partial charge in [-0.1, -0.05) is 6.07 Å². The van der Waals surface area contributed by atoms with Crippen LogP contribution in [0.25, 0.3) is 0 Å². The zero-order valence-corrected chi connectivity index (χ0v) is 18.5. The first-order chi connectivity index (χ1) is 15.5. The maximum Gasteiger partial charge on any atom is 0.246 e. The molecule has 3 aliphatic heterocycles. The molecule has 174 valence electrons. The molecule has 0 aliphatic carbocycles. The summed E-state index contributed by atoms with van der Waals surface area (Å²) in [6.45, 7) is 4.11. The molecule has 3 fully saturated rings. The van der Waals surface area contributed by atoms with E-state index in [4.69, 9.17) is 4.74 Å². The van der Waals surface area contributed by atoms with Crippen molar-refractivity contribution in [2.75, 3.05) is 57.9 Å². The lowest BCUT2D eigenvalue weighted by Gasteiger charge is -2.38. The Labute approximate surface area is 188 Å². The fourth-order valence-electron chi connectivity index (χ4n) is 4.92. The number of nitrogens with one attached hydrogen (secondary N) is 2. The number of methoxy groups -OCH3 is 1. The molecule has 10 heteroatoms. The van der Waals surface area contributed by atoms with Gasteiger partial charge in [-0.25, -0.2) is 4.98 Å². The average Bonchev–Trinajstić information content (AvgIpc) is 3.24. The smallest absolute Gasteiger partial charge is 0.246 e. The molecule has 3 amide bonds. The Kier molecular flexibility index (Phi) is 7.21. The normalized spacial score (nSPS) is 25.9. The van der Waals surface area contributed by atoms with Crippen molar-refractivity contribution >= 4 is 23.5 Å². The third-order valence-electron chi connectivity index (χ3n) is 6.56. The summed E-state index contributed by atoms with van der Waals surface area (Å²) in [7, 11) is 1.48. The van der Waals surface area contributed by atoms with Gasteiger partial charge in [-0.15, -0.1) is 0 Å². The fourth-order valence-corrected chi connectivity index (χ4v) is 4.92. The summed E-state index contributed by atoms with van der Waals surface area (Å²) >= 11 is 0. The minimum atomic E-state index is -0.251. The molecule has 0 aromatic carbocycles. The number of amides is 3. The Bertz CT molecular complexity index is 814. The van der Waals surface area contributed by atoms with Crippen LogP contribution in [-0.2, 0) is 19.1 Å². The Morgan fingerprint density at radius 3 is 2.78 bits per heavy atom. The third-order valence-corrected chi connectivity index (χ3v) is 6.56. The van der Waals surface area contributed by atoms with Gasteiger partial charge in [-0.3, -0.25) is 19.3 Å². The standard InChI is InChI=1S/C22H32N6O4/c1-32-15-20(29)25-16-12-18-22(31)24-13-17(28(18)14-16)5-6-21(30)27-10-8-26(9-11-27)19-4-2-3-7-23-19/h2-4,7,16-18H,5-6,8-15H2,1H3,(H,24,31)(H,25,29). The van der Waals surface area contributed by atoms with Crippen molar-refractivity contribution in [1.29, 1.82) is 0 Å². The van der Waals surface area contributed by atoms with Crippen LogP contribution in [0.2, 0.25) is 0 Å². The highest BCUT2D eigenvalue weighted by Crippen LogP contribution is 2.26. The minimum absolute atomic E-state index is 0.00158. The second kappa shape index (κ2) is 10.3. The van der Waals surface area contributed by atoms with Crippen LogP contribution >= 0.6 is 0 Å². The second-order valence-electron chi connectivity index (χ2n) is 8.64. The summed E-state index contributed by atoms with van der Waals surface area (Å²) in [5, 5.41) is 5.91. The number of anilines is 1. The molecule has 1 aromatic rings. The van der Waals surface area contributed by atoms with Gasteiger partial charge in [0.05, 0.1) is 6.04 Å². The van der Waals surface area contributed by atoms with E-state index < -0.39 is 0 Å². The van der Waals surface area contributed by atoms with Gasteiger partial charge in [0.1, 0.15) is 12.4 Å². The highest BCUT2D eigenvalue weighted by Gasteiger charge is 2.43. The van der Waals surface area contributed by atoms with E-state index in [-0.39, 0.29) is 42.5 Å². The van der Waals surface area contributed by atoms with Gasteiger partial charge in [-0.05, 0) is 25.0 Å². The van der Waals surface area contributed by atoms with E-state index in [1.165, 1.54) is 7.11 Å². The van der Waals surface area contributed by atoms with E-state index in [9.17, 15) is 14.4 Å². The monoisotopic (exact) mass is 444 g/mol. The molecule has 1 aromatic heterocycles. The fraction of sp³-hybridized carbons (Fsp3) is 0.636. The molecule has 0 bridgehead atoms. The Morgan fingerprint density at radius 1 is 1.25 bits per heavy atom. The summed E-state index contributed by atoms with van der Waals surface area (Å²) in [6.07, 6.45) is 3.51. The highest BCUT2D eigenvalue weighted by atomic mass is 16.5. The number of pyridine rings is 1. The van der Waals surface area contributed by atoms with Crippen LogP contribution in [0.15, 0.2) is 24.4 Å². The van der Waals surface area contributed by atoms with Crippen molar-refractivity contribution in [3.8, 4) is 0 Å². The number of carbonyl (C=O) groups is 3. The number of piperazine rings is 2. The molecule has 32 heavy (non-hydrogen) atoms. The number of hydrogen-bond donors (Lipinski definition) is 2. The van der Waals surface area contributed by atoms with Gasteiger partial charge >= 0.3 is 0 Å². The quantitative estimate of drug-likeness (QED) is 0.568. The van der Waals surface area contributed by atoms with Crippen LogP contribution in [0.1, 0.15) is 19.3 Å². The van der Waals surface area contributed by atoms with E-state index >= 15 is 0 Å². The van der Waals surface area contributed by atoms with E-state index in [0.29, 0.717) is 45.4 Å². The summed E-state index contributed by atoms with van der Waals surface area (Å²) in [5.74, 6) is 0.934. The number of nitrogens with zero attached hydrogens (tertiary/aromatic N) is 4. The molecule has 3 atom stereocenters. The molecular weight excluding hydrogens is 412 g/mol. The van der Waals surface area contributed by atoms with Crippen LogP contribution in [0.4, 0.5) is 5.82 Å². The number of aromatic nitrogens is 1. The van der Waals surface area contributed by atoms with Crippen molar-refractivity contribution in [2.45, 2.75) is 37.4 Å². The summed E-state index contributed by atoms with van der Waals surface area (Å²) in [6, 6.07) is 5.63. The lowest BCUT2D eigenvalue weighted by atomic mass is 10.0. The predicted molar refractivity (Wildman–Crippen MR) is 118 cm³/mol. The SMILES string of the molecule is COCC(=O)NC1CC2C(=O)NCC(CCC(=O)N3CCN(c4ccccn4)CC3)N2C1. The van der Waals surface area contributed by atoms with Crippen LogP contribution in [0, 0.1) is 0 Å². The zero-order valence-electron chi connectivity index (χ0n) is 18.5. The van der Waals surface area contributed by atoms with Crippen molar-refractivity contribution in [2.24, 2.45) is 0 Å². The first kappa shape index (κ1) is 22.5. The molecule has 0 saturated carbocycles. The molecule has 3 unspecified atom stereocenters. The molecule has 3 aliphatic rings. The number of ether oxygens (including phenoxy) is 1. The molecule has 0 spiro atoms. The average molecular weight is 445 g/mol. The van der Waals surface area contributed by atoms with Crippen molar-refractivity contribution in [3.63, 3.8) is 0 Å². The predicted octanol–water partition coefficient (Wildman–Crippen LogP) is -0.786. The summed E-state index contributed by atoms with van der Waals surface area (Å²) in [5.41, 5.74) is 0. The minimum Gasteiger partial charge on any atom is -0.375 e. The molecular formula is C22H32N6O4. The van der Waals surface area contributed by atoms with Gasteiger partial charge in [0.2, 0.25) is 17.7 Å². The van der Waals surface area contributed by atoms with Crippen molar-refractivity contribution < 1.29 is 19.1 Å². The van der Waals surface area contributed by atoms with E-state index in [1.54, 1.807) is 6.20 Å². The topological polar surface area (TPSA) is 107 Å². The molecule has 10 nitrogen and oxygen atoms in total. The molecule has 3 saturated heterocycles. The molecule has 4 heterocycles. The molecule has 4 rings (SSSR count). The van der Waals surface area contributed by atoms with Crippen LogP contribution in [0.3, 0.4) is 0 Å². The van der Waals surface area contributed by atoms with Gasteiger partial charge in [0, 0.05) is 71.1 Å². The Morgan fingerprint density at radius 2 is 2.06 bits per heavy atom. The van der Waals surface area contributed by atoms with Gasteiger partial charge in [0.25, 0.3) is 0 Å². The zero-order chi connectivity index (χ0) is 22.5. The van der Waals surface area contributed by atoms with Gasteiger partial charge < -0.3 is 25.2 Å². The third kappa shape index (κ3) is 5.18. The Hall–Kier alpha value is -2.72. The largest absolute Gasteiger partial charge is 0.375 e. The van der Waals surface area contributed by atoms with Crippen LogP contribution < -0.4 is 15.5 Å². The van der Waals surface area contributed by atoms with E-state index in [0.717, 1.165) is 18.9 Å². The maximum absolute atomic E-state index is 12.8. The first-order valence-corrected chi connectivity index (χ1v) is 11.3. The molecule has 2 N–H and O–H groups in total. The lowest BCUT2D eigenvalue weighted by Crippen LogP contribution is -2.58. The first-order valence-electron chi connectivity index (χ1n) is 11.3. The van der Waals surface area contributed by atoms with E-state index in [1.807, 2.05) is 23.1 Å². The number of carbonyl (C=O) groups excluding carboxylic acids is 3. The highest BCUT2D eigenvalue weighted by molar-refractivity contribution is 5.84. The molecule has 0 radical (unpaired) electrons. The second-order valence-corrected chi connectivity index (χ2v) is 8.64. The van der Waals surface area contributed by atoms with Crippen LogP contribution in [0.5, 0.6) is 0 Å². The lowest BCUT2D eigenvalue weighted by molar-refractivity contribution is -0.132. The van der Waals surface area contributed by atoms with Crippen molar-refractivity contribution in [1.82, 2.24) is 25.4 Å². The van der Waals surface area contributed by atoms with Crippen LogP contribution in [-0.4, -0.2) is 104 Å². The van der Waals surface area contributed by atoms with Crippen molar-refractivity contribution in [3.05, 3.63) is 24.4 Å². The summed E-state index contributed by atoms with van der Waals surface area (Å²) < 4.78 is 4.88. The van der Waals surface area contributed by atoms with E-state index in [2.05, 4.69) is 25.4 Å². The number of rotatable bonds is 7. The maximum atomic E-state index is 12.8. The number of fused-ring (bicyclic) bond motifs is 1. The van der Waals surface area contributed by atoms with Gasteiger partial charge in [0.15, 0.2) is 0 Å².